The summed E-state index contributed by atoms with van der Waals surface area (Å²) < 4.78 is 11.6. The zero-order valence-corrected chi connectivity index (χ0v) is 18.4. The number of aliphatic imine (C=N–C) groups is 1. The number of fused-ring (bicyclic) bond motifs is 1. The fraction of sp³-hybridized carbons (Fsp3) is 0.227. The van der Waals surface area contributed by atoms with Crippen molar-refractivity contribution in [2.75, 3.05) is 14.2 Å². The van der Waals surface area contributed by atoms with E-state index in [0.717, 1.165) is 15.0 Å². The lowest BCUT2D eigenvalue weighted by Gasteiger charge is -2.19. The van der Waals surface area contributed by atoms with Gasteiger partial charge in [-0.05, 0) is 29.8 Å². The Labute approximate surface area is 187 Å². The van der Waals surface area contributed by atoms with Crippen molar-refractivity contribution in [3.63, 3.8) is 0 Å². The first-order chi connectivity index (χ1) is 15.3. The van der Waals surface area contributed by atoms with Gasteiger partial charge in [-0.3, -0.25) is 19.3 Å². The minimum atomic E-state index is -0.718. The van der Waals surface area contributed by atoms with Crippen LogP contribution in [-0.4, -0.2) is 39.7 Å². The van der Waals surface area contributed by atoms with Crippen molar-refractivity contribution < 1.29 is 19.7 Å². The average Bonchev–Trinajstić information content (AvgIpc) is 2.97. The number of H-pyrrole nitrogens is 1. The van der Waals surface area contributed by atoms with E-state index in [1.54, 1.807) is 12.1 Å². The van der Waals surface area contributed by atoms with Crippen molar-refractivity contribution in [3.8, 4) is 23.1 Å². The lowest BCUT2D eigenvalue weighted by molar-refractivity contribution is 0.339. The van der Waals surface area contributed by atoms with Crippen LogP contribution in [0.1, 0.15) is 22.8 Å². The Balaban J connectivity index is 1.92. The van der Waals surface area contributed by atoms with Crippen LogP contribution < -0.4 is 20.7 Å². The van der Waals surface area contributed by atoms with Crippen LogP contribution in [0.3, 0.4) is 0 Å². The first-order valence-electron chi connectivity index (χ1n) is 9.64. The number of aromatic amines is 1. The monoisotopic (exact) mass is 455 g/mol. The molecule has 32 heavy (non-hydrogen) atoms. The summed E-state index contributed by atoms with van der Waals surface area (Å²) in [7, 11) is 4.26. The van der Waals surface area contributed by atoms with E-state index in [0.29, 0.717) is 11.4 Å². The minimum absolute atomic E-state index is 0.0629. The Kier molecular flexibility index (Phi) is 5.70. The highest BCUT2D eigenvalue weighted by atomic mass is 32.2. The Bertz CT molecular complexity index is 1320. The van der Waals surface area contributed by atoms with E-state index in [1.807, 2.05) is 24.3 Å². The van der Waals surface area contributed by atoms with Crippen LogP contribution in [0.25, 0.3) is 0 Å². The van der Waals surface area contributed by atoms with Crippen LogP contribution in [-0.2, 0) is 7.05 Å². The molecule has 2 aromatic carbocycles. The molecule has 10 heteroatoms. The third kappa shape index (κ3) is 3.73. The van der Waals surface area contributed by atoms with E-state index in [1.165, 1.54) is 33.0 Å². The summed E-state index contributed by atoms with van der Waals surface area (Å²) in [6.45, 7) is 0. The zero-order chi connectivity index (χ0) is 23.0. The molecule has 0 saturated carbocycles. The topological polar surface area (TPSA) is 126 Å². The van der Waals surface area contributed by atoms with Crippen molar-refractivity contribution in [1.29, 1.82) is 0 Å². The van der Waals surface area contributed by atoms with Gasteiger partial charge in [-0.15, -0.1) is 11.8 Å². The molecule has 1 atom stereocenters. The molecule has 0 fully saturated rings. The highest BCUT2D eigenvalue weighted by molar-refractivity contribution is 7.99. The number of nitrogens with one attached hydrogen (secondary N) is 1. The second kappa shape index (κ2) is 8.46. The minimum Gasteiger partial charge on any atom is -0.502 e. The molecule has 2 heterocycles. The van der Waals surface area contributed by atoms with Gasteiger partial charge in [0.05, 0.1) is 25.6 Å². The van der Waals surface area contributed by atoms with Crippen LogP contribution in [0.5, 0.6) is 23.1 Å². The van der Waals surface area contributed by atoms with Gasteiger partial charge >= 0.3 is 5.69 Å². The van der Waals surface area contributed by atoms with Gasteiger partial charge in [0.1, 0.15) is 5.56 Å². The molecular formula is C22H21N3O6S. The number of hydrogen-bond acceptors (Lipinski definition) is 8. The number of aromatic nitrogens is 2. The largest absolute Gasteiger partial charge is 0.502 e. The number of para-hydroxylation sites is 1. The molecule has 0 bridgehead atoms. The molecule has 0 unspecified atom stereocenters. The molecule has 9 nitrogen and oxygen atoms in total. The number of phenols is 1. The van der Waals surface area contributed by atoms with Gasteiger partial charge in [0, 0.05) is 23.6 Å². The number of methoxy groups -OCH3 is 2. The Morgan fingerprint density at radius 3 is 2.44 bits per heavy atom. The second-order valence-electron chi connectivity index (χ2n) is 7.13. The summed E-state index contributed by atoms with van der Waals surface area (Å²) in [6, 6.07) is 10.9. The van der Waals surface area contributed by atoms with E-state index >= 15 is 0 Å². The van der Waals surface area contributed by atoms with Crippen molar-refractivity contribution in [2.45, 2.75) is 16.6 Å². The van der Waals surface area contributed by atoms with Gasteiger partial charge in [0.15, 0.2) is 11.5 Å². The number of nitrogens with zero attached hydrogens (tertiary/aromatic N) is 2. The first kappa shape index (κ1) is 21.6. The van der Waals surface area contributed by atoms with E-state index in [9.17, 15) is 19.8 Å². The predicted octanol–water partition coefficient (Wildman–Crippen LogP) is 2.86. The second-order valence-corrected chi connectivity index (χ2v) is 8.37. The van der Waals surface area contributed by atoms with Gasteiger partial charge in [-0.1, -0.05) is 12.1 Å². The number of ether oxygens (including phenoxy) is 2. The maximum Gasteiger partial charge on any atom is 0.330 e. The molecule has 1 aliphatic rings. The van der Waals surface area contributed by atoms with Crippen molar-refractivity contribution in [1.82, 2.24) is 9.55 Å². The highest BCUT2D eigenvalue weighted by Gasteiger charge is 2.28. The molecule has 4 rings (SSSR count). The Hall–Kier alpha value is -3.66. The van der Waals surface area contributed by atoms with Gasteiger partial charge in [0.2, 0.25) is 11.6 Å². The lowest BCUT2D eigenvalue weighted by atomic mass is 10.0. The predicted molar refractivity (Wildman–Crippen MR) is 121 cm³/mol. The van der Waals surface area contributed by atoms with Gasteiger partial charge < -0.3 is 19.7 Å². The number of thioether (sulfide) groups is 1. The molecule has 0 saturated heterocycles. The van der Waals surface area contributed by atoms with E-state index in [-0.39, 0.29) is 34.5 Å². The fourth-order valence-electron chi connectivity index (χ4n) is 3.52. The summed E-state index contributed by atoms with van der Waals surface area (Å²) in [5.74, 6) is -0.0714. The summed E-state index contributed by atoms with van der Waals surface area (Å²) in [5.41, 5.74) is 0.241. The van der Waals surface area contributed by atoms with Crippen molar-refractivity contribution in [2.24, 2.45) is 12.0 Å². The van der Waals surface area contributed by atoms with Gasteiger partial charge in [-0.25, -0.2) is 4.79 Å². The molecule has 0 aliphatic carbocycles. The van der Waals surface area contributed by atoms with Crippen molar-refractivity contribution in [3.05, 3.63) is 68.4 Å². The maximum atomic E-state index is 12.6. The normalized spacial score (nSPS) is 15.5. The van der Waals surface area contributed by atoms with Crippen LogP contribution >= 0.6 is 11.8 Å². The van der Waals surface area contributed by atoms with Gasteiger partial charge in [-0.2, -0.15) is 0 Å². The average molecular weight is 455 g/mol. The molecule has 1 aliphatic heterocycles. The van der Waals surface area contributed by atoms with E-state index in [2.05, 4.69) is 9.98 Å². The third-order valence-corrected chi connectivity index (χ3v) is 6.55. The van der Waals surface area contributed by atoms with Crippen LogP contribution in [0.2, 0.25) is 0 Å². The zero-order valence-electron chi connectivity index (χ0n) is 17.6. The van der Waals surface area contributed by atoms with Crippen LogP contribution in [0, 0.1) is 0 Å². The molecule has 0 spiro atoms. The molecular weight excluding hydrogens is 434 g/mol. The van der Waals surface area contributed by atoms with Crippen LogP contribution in [0.4, 0.5) is 5.69 Å². The summed E-state index contributed by atoms with van der Waals surface area (Å²) in [5, 5.41) is 20.6. The number of aromatic hydroxyl groups is 2. The Morgan fingerprint density at radius 2 is 1.78 bits per heavy atom. The maximum absolute atomic E-state index is 12.6. The molecule has 0 radical (unpaired) electrons. The van der Waals surface area contributed by atoms with Crippen LogP contribution in [0.15, 0.2) is 55.9 Å². The molecule has 1 aromatic heterocycles. The van der Waals surface area contributed by atoms with Crippen molar-refractivity contribution >= 4 is 23.2 Å². The van der Waals surface area contributed by atoms with E-state index < -0.39 is 17.1 Å². The standard InChI is InChI=1S/C22H21N3O6S/c1-25-21(28)18(20(27)24-22(25)29)13-10-17(32-16-7-5-4-6-12(16)23-13)11-8-14(30-2)19(26)15(9-11)31-3/h4-9,17,26,28H,10H2,1-3H3,(H,24,27,29)/t17-/m0/s1. The fourth-order valence-corrected chi connectivity index (χ4v) is 4.73. The number of benzene rings is 2. The van der Waals surface area contributed by atoms with E-state index in [4.69, 9.17) is 9.47 Å². The molecule has 166 valence electrons. The Morgan fingerprint density at radius 1 is 1.12 bits per heavy atom. The lowest BCUT2D eigenvalue weighted by Crippen LogP contribution is -2.32. The molecule has 3 aromatic rings. The number of rotatable bonds is 4. The number of hydrogen-bond donors (Lipinski definition) is 3. The summed E-state index contributed by atoms with van der Waals surface area (Å²) in [6.07, 6.45) is 0.255. The summed E-state index contributed by atoms with van der Waals surface area (Å²) >= 11 is 1.52. The highest BCUT2D eigenvalue weighted by Crippen LogP contribution is 2.48. The van der Waals surface area contributed by atoms with Gasteiger partial charge in [0.25, 0.3) is 5.56 Å². The summed E-state index contributed by atoms with van der Waals surface area (Å²) in [4.78, 5) is 32.3. The first-order valence-corrected chi connectivity index (χ1v) is 10.5. The smallest absolute Gasteiger partial charge is 0.330 e. The quantitative estimate of drug-likeness (QED) is 0.552. The molecule has 0 amide bonds. The third-order valence-electron chi connectivity index (χ3n) is 5.22. The number of phenolic OH excluding ortho intramolecular Hbond substituents is 1. The molecule has 3 N–H and O–H groups in total. The SMILES string of the molecule is COc1cc([C@@H]2CC(c3c(O)n(C)c(=O)[nH]c3=O)=Nc3ccccc3S2)cc(OC)c1O.